The second-order valence-electron chi connectivity index (χ2n) is 3.82. The fraction of sp³-hybridized carbons (Fsp3) is 0.154. The Hall–Kier alpha value is -0.720. The molecule has 2 aromatic carbocycles. The maximum atomic E-state index is 11.3. The molecule has 0 spiro atoms. The molecule has 0 bridgehead atoms. The van der Waals surface area contributed by atoms with Crippen LogP contribution in [0.1, 0.15) is 11.1 Å². The van der Waals surface area contributed by atoms with Crippen LogP contribution in [0.4, 0.5) is 0 Å². The molecule has 4 nitrogen and oxygen atoms in total. The van der Waals surface area contributed by atoms with Gasteiger partial charge in [0, 0.05) is 0 Å². The predicted molar refractivity (Wildman–Crippen MR) is 68.5 cm³/mol. The van der Waals surface area contributed by atoms with E-state index >= 15 is 0 Å². The van der Waals surface area contributed by atoms with E-state index in [0.717, 1.165) is 10.9 Å². The van der Waals surface area contributed by atoms with Crippen LogP contribution in [0.15, 0.2) is 35.2 Å². The number of rotatable bonds is 1. The van der Waals surface area contributed by atoms with Crippen molar-refractivity contribution in [1.82, 2.24) is 0 Å². The SMILES string of the molecule is C=O.Cc1cc2ccccc2c(S(=O)(=O)[O-])c1C.[Na+]. The zero-order valence-corrected chi connectivity index (χ0v) is 14.0. The maximum Gasteiger partial charge on any atom is 1.00 e. The molecule has 0 heterocycles. The molecule has 2 rings (SSSR count). The van der Waals surface area contributed by atoms with E-state index in [2.05, 4.69) is 0 Å². The second kappa shape index (κ2) is 7.17. The van der Waals surface area contributed by atoms with Gasteiger partial charge >= 0.3 is 29.6 Å². The average Bonchev–Trinajstić information content (AvgIpc) is 2.31. The molecule has 0 saturated carbocycles. The first-order valence-corrected chi connectivity index (χ1v) is 6.56. The van der Waals surface area contributed by atoms with Gasteiger partial charge < -0.3 is 9.35 Å². The van der Waals surface area contributed by atoms with E-state index in [1.807, 2.05) is 18.9 Å². The average molecular weight is 288 g/mol. The summed E-state index contributed by atoms with van der Waals surface area (Å²) in [7, 11) is -4.43. The topological polar surface area (TPSA) is 74.3 Å². The maximum absolute atomic E-state index is 11.3. The Morgan fingerprint density at radius 3 is 2.16 bits per heavy atom. The van der Waals surface area contributed by atoms with Crippen molar-refractivity contribution < 1.29 is 47.3 Å². The molecule has 0 saturated heterocycles. The smallest absolute Gasteiger partial charge is 0.744 e. The summed E-state index contributed by atoms with van der Waals surface area (Å²) < 4.78 is 33.8. The van der Waals surface area contributed by atoms with Crippen molar-refractivity contribution in [2.75, 3.05) is 0 Å². The van der Waals surface area contributed by atoms with E-state index in [9.17, 15) is 13.0 Å². The van der Waals surface area contributed by atoms with E-state index in [4.69, 9.17) is 4.79 Å². The second-order valence-corrected chi connectivity index (χ2v) is 5.14. The standard InChI is InChI=1S/C12H12O3S.CH2O.Na/c1-8-7-10-5-3-4-6-11(10)12(9(8)2)16(13,14)15;1-2;/h3-7H,1-2H3,(H,13,14,15);1H2;/q;;+1/p-1. The Morgan fingerprint density at radius 1 is 1.11 bits per heavy atom. The van der Waals surface area contributed by atoms with Gasteiger partial charge in [-0.3, -0.25) is 0 Å². The van der Waals surface area contributed by atoms with Crippen molar-refractivity contribution in [3.63, 3.8) is 0 Å². The van der Waals surface area contributed by atoms with E-state index in [0.29, 0.717) is 10.9 Å². The van der Waals surface area contributed by atoms with Crippen LogP contribution in [-0.2, 0) is 14.9 Å². The van der Waals surface area contributed by atoms with Gasteiger partial charge in [0.05, 0.1) is 4.90 Å². The third-order valence-corrected chi connectivity index (χ3v) is 3.79. The van der Waals surface area contributed by atoms with Crippen LogP contribution in [0, 0.1) is 13.8 Å². The molecule has 0 N–H and O–H groups in total. The van der Waals surface area contributed by atoms with Crippen LogP contribution in [0.5, 0.6) is 0 Å². The van der Waals surface area contributed by atoms with Gasteiger partial charge in [-0.2, -0.15) is 0 Å². The number of carbonyl (C=O) groups excluding carboxylic acids is 1. The van der Waals surface area contributed by atoms with Crippen LogP contribution in [-0.4, -0.2) is 19.8 Å². The zero-order valence-electron chi connectivity index (χ0n) is 11.1. The van der Waals surface area contributed by atoms with Gasteiger partial charge in [-0.25, -0.2) is 8.42 Å². The summed E-state index contributed by atoms with van der Waals surface area (Å²) >= 11 is 0. The van der Waals surface area contributed by atoms with Crippen molar-refractivity contribution in [3.8, 4) is 0 Å². The molecule has 96 valence electrons. The van der Waals surface area contributed by atoms with E-state index in [-0.39, 0.29) is 34.5 Å². The molecular weight excluding hydrogens is 275 g/mol. The Morgan fingerprint density at radius 2 is 1.63 bits per heavy atom. The van der Waals surface area contributed by atoms with Gasteiger partial charge in [0.25, 0.3) is 0 Å². The number of aryl methyl sites for hydroxylation is 1. The Bertz CT molecular complexity index is 680. The number of benzene rings is 2. The first kappa shape index (κ1) is 18.3. The molecule has 6 heteroatoms. The van der Waals surface area contributed by atoms with Gasteiger partial charge in [0.1, 0.15) is 16.9 Å². The third-order valence-electron chi connectivity index (χ3n) is 2.76. The third kappa shape index (κ3) is 3.87. The van der Waals surface area contributed by atoms with Crippen LogP contribution < -0.4 is 29.6 Å². The monoisotopic (exact) mass is 288 g/mol. The summed E-state index contributed by atoms with van der Waals surface area (Å²) in [6, 6.07) is 8.90. The van der Waals surface area contributed by atoms with Gasteiger partial charge in [-0.15, -0.1) is 0 Å². The van der Waals surface area contributed by atoms with Crippen molar-refractivity contribution in [2.45, 2.75) is 18.7 Å². The van der Waals surface area contributed by atoms with Gasteiger partial charge in [-0.1, -0.05) is 30.3 Å². The summed E-state index contributed by atoms with van der Waals surface area (Å²) in [5.74, 6) is 0. The minimum absolute atomic E-state index is 0. The Labute approximate surface area is 134 Å². The summed E-state index contributed by atoms with van der Waals surface area (Å²) in [5.41, 5.74) is 1.35. The number of fused-ring (bicyclic) bond motifs is 1. The normalized spacial score (nSPS) is 10.3. The molecule has 0 atom stereocenters. The van der Waals surface area contributed by atoms with Crippen molar-refractivity contribution >= 4 is 27.7 Å². The predicted octanol–water partition coefficient (Wildman–Crippen LogP) is -0.820. The van der Waals surface area contributed by atoms with Crippen LogP contribution in [0.3, 0.4) is 0 Å². The quantitative estimate of drug-likeness (QED) is 0.507. The molecule has 0 fully saturated rings. The number of hydrogen-bond acceptors (Lipinski definition) is 4. The van der Waals surface area contributed by atoms with Crippen molar-refractivity contribution in [2.24, 2.45) is 0 Å². The summed E-state index contributed by atoms with van der Waals surface area (Å²) in [4.78, 5) is 7.91. The molecule has 19 heavy (non-hydrogen) atoms. The van der Waals surface area contributed by atoms with Gasteiger partial charge in [-0.05, 0) is 35.7 Å². The zero-order chi connectivity index (χ0) is 13.9. The molecule has 0 aliphatic rings. The van der Waals surface area contributed by atoms with Crippen LogP contribution in [0.25, 0.3) is 10.8 Å². The molecule has 0 aliphatic heterocycles. The molecule has 2 aromatic rings. The van der Waals surface area contributed by atoms with Gasteiger partial charge in [0.2, 0.25) is 0 Å². The fourth-order valence-corrected chi connectivity index (χ4v) is 2.87. The molecule has 0 aliphatic carbocycles. The summed E-state index contributed by atoms with van der Waals surface area (Å²) in [5, 5.41) is 1.28. The molecule has 0 aromatic heterocycles. The summed E-state index contributed by atoms with van der Waals surface area (Å²) in [6.07, 6.45) is 0. The Balaban J connectivity index is 0.00000103. The first-order chi connectivity index (χ1) is 8.41. The van der Waals surface area contributed by atoms with E-state index in [1.54, 1.807) is 32.0 Å². The summed E-state index contributed by atoms with van der Waals surface area (Å²) in [6.45, 7) is 5.46. The minimum atomic E-state index is -4.43. The largest absolute Gasteiger partial charge is 1.00 e. The Kier molecular flexibility index (Phi) is 6.89. The number of carbonyl (C=O) groups is 1. The van der Waals surface area contributed by atoms with Crippen molar-refractivity contribution in [3.05, 3.63) is 41.5 Å². The molecule has 0 unspecified atom stereocenters. The number of hydrogen-bond donors (Lipinski definition) is 0. The first-order valence-electron chi connectivity index (χ1n) is 5.15. The van der Waals surface area contributed by atoms with E-state index in [1.165, 1.54) is 0 Å². The molecule has 0 amide bonds. The van der Waals surface area contributed by atoms with E-state index < -0.39 is 10.1 Å². The van der Waals surface area contributed by atoms with Gasteiger partial charge in [0.15, 0.2) is 0 Å². The van der Waals surface area contributed by atoms with Crippen LogP contribution in [0.2, 0.25) is 0 Å². The van der Waals surface area contributed by atoms with Crippen LogP contribution >= 0.6 is 0 Å². The van der Waals surface area contributed by atoms with Crippen molar-refractivity contribution in [1.29, 1.82) is 0 Å². The fourth-order valence-electron chi connectivity index (χ4n) is 1.87. The minimum Gasteiger partial charge on any atom is -0.744 e. The molecular formula is C13H13NaO4S. The molecule has 0 radical (unpaired) electrons.